The van der Waals surface area contributed by atoms with Crippen LogP contribution in [0.4, 0.5) is 0 Å². The highest BCUT2D eigenvalue weighted by Gasteiger charge is 2.29. The molecule has 0 N–H and O–H groups in total. The summed E-state index contributed by atoms with van der Waals surface area (Å²) in [6.07, 6.45) is 4.20. The standard InChI is InChI=1S/C6H10O2/c1-2-5-4-7-6(3-1)8-5/h5-6H,1-4H2/t5-,6+/m0/s1. The highest BCUT2D eigenvalue weighted by atomic mass is 16.7. The van der Waals surface area contributed by atoms with Crippen LogP contribution in [0.5, 0.6) is 0 Å². The smallest absolute Gasteiger partial charge is 0.158 e. The Hall–Kier alpha value is -0.0800. The molecule has 2 fully saturated rings. The van der Waals surface area contributed by atoms with E-state index in [4.69, 9.17) is 9.47 Å². The molecule has 2 saturated heterocycles. The fraction of sp³-hybridized carbons (Fsp3) is 1.00. The van der Waals surface area contributed by atoms with E-state index in [2.05, 4.69) is 0 Å². The maximum absolute atomic E-state index is 5.38. The van der Waals surface area contributed by atoms with Crippen molar-refractivity contribution in [3.05, 3.63) is 0 Å². The first-order valence-corrected chi connectivity index (χ1v) is 3.22. The van der Waals surface area contributed by atoms with E-state index in [0.29, 0.717) is 6.10 Å². The number of ether oxygens (including phenoxy) is 2. The summed E-state index contributed by atoms with van der Waals surface area (Å²) in [7, 11) is 0. The Kier molecular flexibility index (Phi) is 1.02. The van der Waals surface area contributed by atoms with Crippen molar-refractivity contribution in [3.63, 3.8) is 0 Å². The number of hydrogen-bond donors (Lipinski definition) is 0. The minimum atomic E-state index is 0.161. The second-order valence-corrected chi connectivity index (χ2v) is 2.45. The molecular formula is C6H10O2. The third-order valence-electron chi connectivity index (χ3n) is 1.78. The molecule has 0 amide bonds. The Morgan fingerprint density at radius 2 is 2.25 bits per heavy atom. The molecule has 2 heterocycles. The van der Waals surface area contributed by atoms with Gasteiger partial charge in [0.2, 0.25) is 0 Å². The van der Waals surface area contributed by atoms with E-state index >= 15 is 0 Å². The van der Waals surface area contributed by atoms with Gasteiger partial charge in [0, 0.05) is 0 Å². The van der Waals surface area contributed by atoms with Gasteiger partial charge in [0.1, 0.15) is 0 Å². The van der Waals surface area contributed by atoms with E-state index in [9.17, 15) is 0 Å². The van der Waals surface area contributed by atoms with Gasteiger partial charge in [0.15, 0.2) is 6.29 Å². The van der Waals surface area contributed by atoms with Crippen LogP contribution >= 0.6 is 0 Å². The molecule has 2 rings (SSSR count). The summed E-state index contributed by atoms with van der Waals surface area (Å²) in [5, 5.41) is 0. The molecule has 2 aliphatic heterocycles. The Morgan fingerprint density at radius 1 is 1.25 bits per heavy atom. The lowest BCUT2D eigenvalue weighted by atomic mass is 10.1. The average Bonchev–Trinajstić information content (AvgIpc) is 2.12. The van der Waals surface area contributed by atoms with E-state index in [1.807, 2.05) is 0 Å². The molecule has 0 unspecified atom stereocenters. The molecule has 0 aromatic rings. The molecular weight excluding hydrogens is 104 g/mol. The third-order valence-corrected chi connectivity index (χ3v) is 1.78. The predicted octanol–water partition coefficient (Wildman–Crippen LogP) is 0.912. The van der Waals surface area contributed by atoms with Gasteiger partial charge in [-0.15, -0.1) is 0 Å². The van der Waals surface area contributed by atoms with Crippen molar-refractivity contribution in [2.45, 2.75) is 31.7 Å². The quantitative estimate of drug-likeness (QED) is 0.466. The lowest BCUT2D eigenvalue weighted by molar-refractivity contribution is -0.0815. The minimum Gasteiger partial charge on any atom is -0.350 e. The van der Waals surface area contributed by atoms with Crippen LogP contribution in [0.15, 0.2) is 0 Å². The topological polar surface area (TPSA) is 18.5 Å². The zero-order chi connectivity index (χ0) is 5.40. The molecule has 0 radical (unpaired) electrons. The van der Waals surface area contributed by atoms with Gasteiger partial charge < -0.3 is 9.47 Å². The largest absolute Gasteiger partial charge is 0.350 e. The lowest BCUT2D eigenvalue weighted by Crippen LogP contribution is -2.17. The van der Waals surface area contributed by atoms with Crippen molar-refractivity contribution in [2.24, 2.45) is 0 Å². The molecule has 2 atom stereocenters. The maximum Gasteiger partial charge on any atom is 0.158 e. The van der Waals surface area contributed by atoms with Gasteiger partial charge in [-0.25, -0.2) is 0 Å². The van der Waals surface area contributed by atoms with Gasteiger partial charge in [-0.3, -0.25) is 0 Å². The van der Waals surface area contributed by atoms with Crippen molar-refractivity contribution in [1.82, 2.24) is 0 Å². The van der Waals surface area contributed by atoms with Crippen molar-refractivity contribution in [2.75, 3.05) is 6.61 Å². The molecule has 2 nitrogen and oxygen atoms in total. The van der Waals surface area contributed by atoms with E-state index in [0.717, 1.165) is 13.0 Å². The monoisotopic (exact) mass is 114 g/mol. The second-order valence-electron chi connectivity index (χ2n) is 2.45. The van der Waals surface area contributed by atoms with Crippen molar-refractivity contribution in [3.8, 4) is 0 Å². The number of rotatable bonds is 0. The van der Waals surface area contributed by atoms with Crippen LogP contribution in [0, 0.1) is 0 Å². The maximum atomic E-state index is 5.38. The molecule has 0 saturated carbocycles. The fourth-order valence-corrected chi connectivity index (χ4v) is 1.32. The zero-order valence-corrected chi connectivity index (χ0v) is 4.80. The van der Waals surface area contributed by atoms with Gasteiger partial charge in [0.25, 0.3) is 0 Å². The van der Waals surface area contributed by atoms with Crippen molar-refractivity contribution < 1.29 is 9.47 Å². The van der Waals surface area contributed by atoms with Gasteiger partial charge in [-0.1, -0.05) is 0 Å². The van der Waals surface area contributed by atoms with Crippen LogP contribution in [0.2, 0.25) is 0 Å². The minimum absolute atomic E-state index is 0.161. The SMILES string of the molecule is C1C[C@H]2CO[C@@H](C1)O2. The number of fused-ring (bicyclic) bond motifs is 2. The van der Waals surface area contributed by atoms with Crippen LogP contribution in [0.3, 0.4) is 0 Å². The third kappa shape index (κ3) is 0.644. The summed E-state index contributed by atoms with van der Waals surface area (Å²) < 4.78 is 10.6. The Labute approximate surface area is 48.8 Å². The lowest BCUT2D eigenvalue weighted by Gasteiger charge is -2.16. The summed E-state index contributed by atoms with van der Waals surface area (Å²) in [6.45, 7) is 0.838. The van der Waals surface area contributed by atoms with Crippen LogP contribution in [0.25, 0.3) is 0 Å². The van der Waals surface area contributed by atoms with Gasteiger partial charge in [-0.05, 0) is 19.3 Å². The second kappa shape index (κ2) is 1.71. The molecule has 0 spiro atoms. The Balaban J connectivity index is 2.03. The molecule has 2 heteroatoms. The summed E-state index contributed by atoms with van der Waals surface area (Å²) in [5.74, 6) is 0. The molecule has 0 aliphatic carbocycles. The first-order valence-electron chi connectivity index (χ1n) is 3.22. The molecule has 0 aromatic heterocycles. The molecule has 8 heavy (non-hydrogen) atoms. The summed E-state index contributed by atoms with van der Waals surface area (Å²) in [6, 6.07) is 0. The highest BCUT2D eigenvalue weighted by molar-refractivity contribution is 4.71. The first-order chi connectivity index (χ1) is 3.95. The van der Waals surface area contributed by atoms with Crippen LogP contribution in [0.1, 0.15) is 19.3 Å². The van der Waals surface area contributed by atoms with E-state index in [1.165, 1.54) is 12.8 Å². The first kappa shape index (κ1) is 4.77. The summed E-state index contributed by atoms with van der Waals surface area (Å²) >= 11 is 0. The van der Waals surface area contributed by atoms with Crippen LogP contribution < -0.4 is 0 Å². The average molecular weight is 114 g/mol. The Bertz CT molecular complexity index is 78.5. The van der Waals surface area contributed by atoms with Gasteiger partial charge in [-0.2, -0.15) is 0 Å². The zero-order valence-electron chi connectivity index (χ0n) is 4.80. The molecule has 2 aliphatic rings. The van der Waals surface area contributed by atoms with E-state index < -0.39 is 0 Å². The fourth-order valence-electron chi connectivity index (χ4n) is 1.32. The Morgan fingerprint density at radius 3 is 3.00 bits per heavy atom. The van der Waals surface area contributed by atoms with Crippen molar-refractivity contribution >= 4 is 0 Å². The predicted molar refractivity (Wildman–Crippen MR) is 28.5 cm³/mol. The molecule has 0 aromatic carbocycles. The molecule has 2 bridgehead atoms. The van der Waals surface area contributed by atoms with Crippen LogP contribution in [-0.4, -0.2) is 19.0 Å². The number of hydrogen-bond acceptors (Lipinski definition) is 2. The van der Waals surface area contributed by atoms with Gasteiger partial charge >= 0.3 is 0 Å². The summed E-state index contributed by atoms with van der Waals surface area (Å²) in [4.78, 5) is 0. The molecule has 46 valence electrons. The van der Waals surface area contributed by atoms with Crippen molar-refractivity contribution in [1.29, 1.82) is 0 Å². The highest BCUT2D eigenvalue weighted by Crippen LogP contribution is 2.25. The normalized spacial score (nSPS) is 45.0. The van der Waals surface area contributed by atoms with E-state index in [-0.39, 0.29) is 6.29 Å². The van der Waals surface area contributed by atoms with Crippen LogP contribution in [-0.2, 0) is 9.47 Å². The van der Waals surface area contributed by atoms with Gasteiger partial charge in [0.05, 0.1) is 12.7 Å². The summed E-state index contributed by atoms with van der Waals surface area (Å²) in [5.41, 5.74) is 0. The van der Waals surface area contributed by atoms with E-state index in [1.54, 1.807) is 0 Å².